The molecule has 8 heteroatoms. The van der Waals surface area contributed by atoms with Crippen LogP contribution in [0.1, 0.15) is 5.56 Å². The first-order chi connectivity index (χ1) is 7.41. The number of aryl methyl sites for hydroxylation is 1. The standard InChI is InChI=1S/C9H9FN2O4.Na/c1-5-2-7(11-4-9(13)14)8(12(15)16)3-6(5)10;/h2-3,11H,4H2,1H3,(H,13,14);/q;+1. The summed E-state index contributed by atoms with van der Waals surface area (Å²) >= 11 is 0. The number of nitro groups is 1. The Bertz CT molecular complexity index is 453. The second kappa shape index (κ2) is 6.53. The van der Waals surface area contributed by atoms with Gasteiger partial charge in [0.1, 0.15) is 18.0 Å². The SMILES string of the molecule is Cc1cc(NCC(=O)O)c([N+](=O)[O-])cc1F.[Na+]. The van der Waals surface area contributed by atoms with Crippen molar-refractivity contribution in [1.29, 1.82) is 0 Å². The number of halogens is 1. The van der Waals surface area contributed by atoms with E-state index in [0.29, 0.717) is 0 Å². The number of hydrogen-bond acceptors (Lipinski definition) is 4. The molecule has 0 saturated carbocycles. The van der Waals surface area contributed by atoms with Crippen LogP contribution in [0.2, 0.25) is 0 Å². The number of carbonyl (C=O) groups is 1. The van der Waals surface area contributed by atoms with Crippen molar-refractivity contribution in [2.45, 2.75) is 6.92 Å². The predicted molar refractivity (Wildman–Crippen MR) is 53.9 cm³/mol. The van der Waals surface area contributed by atoms with Gasteiger partial charge in [0.15, 0.2) is 0 Å². The van der Waals surface area contributed by atoms with Crippen molar-refractivity contribution in [3.63, 3.8) is 0 Å². The minimum Gasteiger partial charge on any atom is -0.480 e. The van der Waals surface area contributed by atoms with Crippen LogP contribution in [-0.2, 0) is 4.79 Å². The van der Waals surface area contributed by atoms with Crippen LogP contribution < -0.4 is 34.9 Å². The van der Waals surface area contributed by atoms with E-state index in [2.05, 4.69) is 5.32 Å². The van der Waals surface area contributed by atoms with Gasteiger partial charge >= 0.3 is 35.5 Å². The van der Waals surface area contributed by atoms with Crippen molar-refractivity contribution in [3.8, 4) is 0 Å². The molecule has 2 N–H and O–H groups in total. The molecule has 0 amide bonds. The Kier molecular flexibility index (Phi) is 6.08. The van der Waals surface area contributed by atoms with E-state index < -0.39 is 28.9 Å². The van der Waals surface area contributed by atoms with Crippen molar-refractivity contribution >= 4 is 17.3 Å². The normalized spacial score (nSPS) is 9.29. The van der Waals surface area contributed by atoms with Gasteiger partial charge in [-0.1, -0.05) is 0 Å². The summed E-state index contributed by atoms with van der Waals surface area (Å²) in [5.74, 6) is -1.86. The van der Waals surface area contributed by atoms with E-state index in [4.69, 9.17) is 5.11 Å². The molecule has 86 valence electrons. The molecule has 0 spiro atoms. The summed E-state index contributed by atoms with van der Waals surface area (Å²) in [5.41, 5.74) is -0.283. The Labute approximate surface area is 118 Å². The second-order valence-corrected chi connectivity index (χ2v) is 3.12. The van der Waals surface area contributed by atoms with Gasteiger partial charge in [0.25, 0.3) is 5.69 Å². The van der Waals surface area contributed by atoms with Crippen LogP contribution in [0.15, 0.2) is 12.1 Å². The van der Waals surface area contributed by atoms with Crippen LogP contribution in [-0.4, -0.2) is 22.5 Å². The summed E-state index contributed by atoms with van der Waals surface area (Å²) in [6.07, 6.45) is 0. The van der Waals surface area contributed by atoms with Gasteiger partial charge in [-0.2, -0.15) is 0 Å². The van der Waals surface area contributed by atoms with E-state index in [0.717, 1.165) is 6.07 Å². The minimum absolute atomic E-state index is 0. The molecule has 1 rings (SSSR count). The minimum atomic E-state index is -1.16. The van der Waals surface area contributed by atoms with Gasteiger partial charge < -0.3 is 10.4 Å². The largest absolute Gasteiger partial charge is 1.00 e. The van der Waals surface area contributed by atoms with Crippen LogP contribution in [0.4, 0.5) is 15.8 Å². The fraction of sp³-hybridized carbons (Fsp3) is 0.222. The Morgan fingerprint density at radius 1 is 1.59 bits per heavy atom. The van der Waals surface area contributed by atoms with Crippen molar-refractivity contribution in [1.82, 2.24) is 0 Å². The third kappa shape index (κ3) is 4.29. The molecule has 0 radical (unpaired) electrons. The van der Waals surface area contributed by atoms with E-state index in [1.165, 1.54) is 13.0 Å². The predicted octanol–water partition coefficient (Wildman–Crippen LogP) is -1.46. The first-order valence-electron chi connectivity index (χ1n) is 4.32. The third-order valence-electron chi connectivity index (χ3n) is 1.90. The van der Waals surface area contributed by atoms with Crippen molar-refractivity contribution in [3.05, 3.63) is 33.6 Å². The summed E-state index contributed by atoms with van der Waals surface area (Å²) in [7, 11) is 0. The summed E-state index contributed by atoms with van der Waals surface area (Å²) in [4.78, 5) is 20.1. The third-order valence-corrected chi connectivity index (χ3v) is 1.90. The fourth-order valence-corrected chi connectivity index (χ4v) is 1.13. The number of hydrogen-bond donors (Lipinski definition) is 2. The van der Waals surface area contributed by atoms with Crippen LogP contribution in [0.5, 0.6) is 0 Å². The smallest absolute Gasteiger partial charge is 0.480 e. The van der Waals surface area contributed by atoms with Crippen LogP contribution in [0, 0.1) is 22.9 Å². The van der Waals surface area contributed by atoms with E-state index in [1.807, 2.05) is 0 Å². The fourth-order valence-electron chi connectivity index (χ4n) is 1.13. The molecule has 6 nitrogen and oxygen atoms in total. The zero-order valence-electron chi connectivity index (χ0n) is 9.36. The zero-order chi connectivity index (χ0) is 12.3. The van der Waals surface area contributed by atoms with E-state index in [1.54, 1.807) is 0 Å². The molecule has 0 bridgehead atoms. The Balaban J connectivity index is 0.00000256. The molecule has 1 aromatic carbocycles. The number of carboxylic acids is 1. The monoisotopic (exact) mass is 251 g/mol. The summed E-state index contributed by atoms with van der Waals surface area (Å²) in [5, 5.41) is 21.4. The van der Waals surface area contributed by atoms with Crippen LogP contribution >= 0.6 is 0 Å². The number of aliphatic carboxylic acids is 1. The van der Waals surface area contributed by atoms with Crippen LogP contribution in [0.25, 0.3) is 0 Å². The number of nitro benzene ring substituents is 1. The summed E-state index contributed by atoms with van der Waals surface area (Å²) < 4.78 is 13.1. The molecular weight excluding hydrogens is 242 g/mol. The number of nitrogens with zero attached hydrogens (tertiary/aromatic N) is 1. The molecule has 0 aliphatic carbocycles. The van der Waals surface area contributed by atoms with Gasteiger partial charge in [-0.25, -0.2) is 4.39 Å². The number of anilines is 1. The average molecular weight is 251 g/mol. The molecule has 0 heterocycles. The molecule has 0 atom stereocenters. The Morgan fingerprint density at radius 2 is 2.18 bits per heavy atom. The molecule has 0 saturated heterocycles. The average Bonchev–Trinajstić information content (AvgIpc) is 2.18. The number of carboxylic acid groups (broad SMARTS) is 1. The number of rotatable bonds is 4. The molecule has 0 aromatic heterocycles. The first-order valence-corrected chi connectivity index (χ1v) is 4.32. The van der Waals surface area contributed by atoms with Crippen LogP contribution in [0.3, 0.4) is 0 Å². The van der Waals surface area contributed by atoms with Gasteiger partial charge in [0.2, 0.25) is 0 Å². The van der Waals surface area contributed by atoms with Gasteiger partial charge in [-0.15, -0.1) is 0 Å². The summed E-state index contributed by atoms with van der Waals surface area (Å²) in [6.45, 7) is 0.969. The van der Waals surface area contributed by atoms with Gasteiger partial charge in [-0.05, 0) is 18.6 Å². The van der Waals surface area contributed by atoms with E-state index in [9.17, 15) is 19.3 Å². The zero-order valence-corrected chi connectivity index (χ0v) is 11.4. The molecule has 0 aliphatic heterocycles. The molecule has 0 fully saturated rings. The molecule has 0 unspecified atom stereocenters. The van der Waals surface area contributed by atoms with Gasteiger partial charge in [0, 0.05) is 0 Å². The van der Waals surface area contributed by atoms with E-state index in [-0.39, 0.29) is 40.8 Å². The van der Waals surface area contributed by atoms with Crippen molar-refractivity contribution in [2.24, 2.45) is 0 Å². The number of benzene rings is 1. The maximum atomic E-state index is 13.1. The topological polar surface area (TPSA) is 92.5 Å². The Hall–Kier alpha value is -1.18. The van der Waals surface area contributed by atoms with Crippen molar-refractivity contribution in [2.75, 3.05) is 11.9 Å². The second-order valence-electron chi connectivity index (χ2n) is 3.12. The first kappa shape index (κ1) is 15.8. The Morgan fingerprint density at radius 3 is 2.65 bits per heavy atom. The maximum Gasteiger partial charge on any atom is 1.00 e. The van der Waals surface area contributed by atoms with Crippen molar-refractivity contribution < 1.29 is 48.8 Å². The summed E-state index contributed by atoms with van der Waals surface area (Å²) in [6, 6.07) is 1.97. The quantitative estimate of drug-likeness (QED) is 0.388. The van der Waals surface area contributed by atoms with E-state index >= 15 is 0 Å². The molecular formula is C9H9FN2NaO4+. The number of nitrogens with one attached hydrogen (secondary N) is 1. The molecule has 0 aliphatic rings. The van der Waals surface area contributed by atoms with Gasteiger partial charge in [0.05, 0.1) is 11.0 Å². The maximum absolute atomic E-state index is 13.1. The molecule has 1 aromatic rings. The molecule has 17 heavy (non-hydrogen) atoms. The van der Waals surface area contributed by atoms with Gasteiger partial charge in [-0.3, -0.25) is 14.9 Å².